The number of aromatic carboxylic acids is 1. The van der Waals surface area contributed by atoms with Crippen molar-refractivity contribution in [3.63, 3.8) is 0 Å². The summed E-state index contributed by atoms with van der Waals surface area (Å²) in [4.78, 5) is 26.5. The van der Waals surface area contributed by atoms with Gasteiger partial charge in [-0.2, -0.15) is 0 Å². The van der Waals surface area contributed by atoms with E-state index in [2.05, 4.69) is 11.8 Å². The van der Waals surface area contributed by atoms with E-state index < -0.39 is 11.4 Å². The van der Waals surface area contributed by atoms with Gasteiger partial charge in [-0.25, -0.2) is 4.79 Å². The van der Waals surface area contributed by atoms with Crippen LogP contribution in [-0.2, 0) is 0 Å². The number of fused-ring (bicyclic) bond motifs is 1. The number of carbonyl (C=O) groups is 1. The van der Waals surface area contributed by atoms with Crippen molar-refractivity contribution in [2.75, 3.05) is 18.6 Å². The zero-order valence-corrected chi connectivity index (χ0v) is 15.6. The number of anilines is 1. The summed E-state index contributed by atoms with van der Waals surface area (Å²) >= 11 is 0. The van der Waals surface area contributed by atoms with Crippen molar-refractivity contribution in [1.82, 2.24) is 4.57 Å². The molecule has 3 N–H and O–H groups in total. The Morgan fingerprint density at radius 2 is 2.00 bits per heavy atom. The third-order valence-corrected chi connectivity index (χ3v) is 5.73. The van der Waals surface area contributed by atoms with Crippen molar-refractivity contribution in [3.05, 3.63) is 34.1 Å². The molecule has 2 fully saturated rings. The predicted molar refractivity (Wildman–Crippen MR) is 104 cm³/mol. The van der Waals surface area contributed by atoms with Crippen LogP contribution in [0.4, 0.5) is 5.69 Å². The molecular formula is C20H25N3O4. The topological polar surface area (TPSA) is 97.8 Å². The fraction of sp³-hybridized carbons (Fsp3) is 0.500. The molecule has 1 saturated heterocycles. The molecule has 0 bridgehead atoms. The van der Waals surface area contributed by atoms with Gasteiger partial charge in [0.25, 0.3) is 0 Å². The van der Waals surface area contributed by atoms with E-state index >= 15 is 0 Å². The Kier molecular flexibility index (Phi) is 4.34. The van der Waals surface area contributed by atoms with Crippen molar-refractivity contribution >= 4 is 22.6 Å². The first-order chi connectivity index (χ1) is 12.9. The lowest BCUT2D eigenvalue weighted by Crippen LogP contribution is -2.47. The van der Waals surface area contributed by atoms with Crippen LogP contribution in [0.5, 0.6) is 5.75 Å². The number of benzene rings is 1. The van der Waals surface area contributed by atoms with Crippen molar-refractivity contribution in [2.45, 2.75) is 50.7 Å². The zero-order valence-electron chi connectivity index (χ0n) is 15.6. The Hall–Kier alpha value is -2.54. The van der Waals surface area contributed by atoms with Gasteiger partial charge in [0.15, 0.2) is 5.75 Å². The number of carboxylic acids is 1. The Morgan fingerprint density at radius 1 is 1.26 bits per heavy atom. The Bertz CT molecular complexity index is 964. The third kappa shape index (κ3) is 2.96. The fourth-order valence-corrected chi connectivity index (χ4v) is 4.10. The molecule has 4 rings (SSSR count). The lowest BCUT2D eigenvalue weighted by Gasteiger charge is -2.39. The predicted octanol–water partition coefficient (Wildman–Crippen LogP) is 2.36. The number of piperidine rings is 1. The number of aromatic nitrogens is 1. The molecule has 2 aliphatic rings. The van der Waals surface area contributed by atoms with E-state index in [9.17, 15) is 14.7 Å². The number of methoxy groups -OCH3 is 1. The molecule has 1 aromatic carbocycles. The lowest BCUT2D eigenvalue weighted by atomic mass is 9.98. The Labute approximate surface area is 157 Å². The number of hydrogen-bond donors (Lipinski definition) is 2. The van der Waals surface area contributed by atoms with E-state index in [1.807, 2.05) is 10.6 Å². The van der Waals surface area contributed by atoms with Gasteiger partial charge in [0.05, 0.1) is 23.7 Å². The zero-order chi connectivity index (χ0) is 19.3. The summed E-state index contributed by atoms with van der Waals surface area (Å²) in [6.45, 7) is 2.89. The van der Waals surface area contributed by atoms with E-state index in [1.54, 1.807) is 13.2 Å². The highest BCUT2D eigenvalue weighted by Gasteiger charge is 2.31. The van der Waals surface area contributed by atoms with Crippen molar-refractivity contribution < 1.29 is 14.6 Å². The van der Waals surface area contributed by atoms with E-state index in [0.717, 1.165) is 37.9 Å². The van der Waals surface area contributed by atoms with Crippen molar-refractivity contribution in [1.29, 1.82) is 0 Å². The van der Waals surface area contributed by atoms with Crippen LogP contribution in [0.1, 0.15) is 49.0 Å². The summed E-state index contributed by atoms with van der Waals surface area (Å²) in [6.07, 6.45) is 5.39. The van der Waals surface area contributed by atoms with Gasteiger partial charge in [0, 0.05) is 30.9 Å². The van der Waals surface area contributed by atoms with E-state index in [4.69, 9.17) is 10.5 Å². The van der Waals surface area contributed by atoms with Crippen molar-refractivity contribution in [2.24, 2.45) is 5.73 Å². The minimum atomic E-state index is -1.20. The molecule has 0 radical (unpaired) electrons. The minimum absolute atomic E-state index is 0.0987. The fourth-order valence-electron chi connectivity index (χ4n) is 4.10. The van der Waals surface area contributed by atoms with Crippen LogP contribution in [0.2, 0.25) is 0 Å². The molecular weight excluding hydrogens is 346 g/mol. The maximum atomic E-state index is 12.8. The van der Waals surface area contributed by atoms with Gasteiger partial charge in [-0.15, -0.1) is 0 Å². The SMILES string of the molecule is COc1c(N2CC(N)CCC2C)ccc2c(=O)c(C(=O)O)cn(C3CC3)c12. The molecule has 144 valence electrons. The number of hydrogen-bond acceptors (Lipinski definition) is 5. The number of carboxylic acid groups (broad SMARTS) is 1. The normalized spacial score (nSPS) is 22.9. The quantitative estimate of drug-likeness (QED) is 0.856. The van der Waals surface area contributed by atoms with Gasteiger partial charge in [-0.3, -0.25) is 4.79 Å². The van der Waals surface area contributed by atoms with Crippen molar-refractivity contribution in [3.8, 4) is 5.75 Å². The lowest BCUT2D eigenvalue weighted by molar-refractivity contribution is 0.0695. The largest absolute Gasteiger partial charge is 0.492 e. The standard InChI is InChI=1S/C20H25N3O4/c1-11-3-4-12(21)9-22(11)16-8-7-14-17(19(16)27-2)23(13-5-6-13)10-15(18(14)24)20(25)26/h7-8,10-13H,3-6,9,21H2,1-2H3,(H,25,26). The smallest absolute Gasteiger partial charge is 0.341 e. The van der Waals surface area contributed by atoms with Crippen LogP contribution in [0.3, 0.4) is 0 Å². The number of nitrogens with two attached hydrogens (primary N) is 1. The van der Waals surface area contributed by atoms with Gasteiger partial charge in [-0.05, 0) is 44.7 Å². The molecule has 1 aliphatic carbocycles. The average molecular weight is 371 g/mol. The second-order valence-corrected chi connectivity index (χ2v) is 7.67. The van der Waals surface area contributed by atoms with Gasteiger partial charge in [0.1, 0.15) is 5.56 Å². The van der Waals surface area contributed by atoms with Crippen LogP contribution >= 0.6 is 0 Å². The van der Waals surface area contributed by atoms with Gasteiger partial charge in [-0.1, -0.05) is 0 Å². The summed E-state index contributed by atoms with van der Waals surface area (Å²) in [7, 11) is 1.60. The number of ether oxygens (including phenoxy) is 1. The van der Waals surface area contributed by atoms with Gasteiger partial charge in [0.2, 0.25) is 5.43 Å². The molecule has 2 heterocycles. The first-order valence-corrected chi connectivity index (χ1v) is 9.43. The second-order valence-electron chi connectivity index (χ2n) is 7.67. The molecule has 1 aliphatic heterocycles. The van der Waals surface area contributed by atoms with Crippen LogP contribution in [0.25, 0.3) is 10.9 Å². The van der Waals surface area contributed by atoms with Crippen LogP contribution in [-0.4, -0.2) is 41.4 Å². The second kappa shape index (κ2) is 6.56. The Balaban J connectivity index is 1.98. The van der Waals surface area contributed by atoms with Crippen LogP contribution in [0.15, 0.2) is 23.1 Å². The first-order valence-electron chi connectivity index (χ1n) is 9.43. The highest BCUT2D eigenvalue weighted by molar-refractivity contribution is 5.97. The molecule has 0 spiro atoms. The Morgan fingerprint density at radius 3 is 2.63 bits per heavy atom. The third-order valence-electron chi connectivity index (χ3n) is 5.73. The molecule has 7 heteroatoms. The number of pyridine rings is 1. The molecule has 7 nitrogen and oxygen atoms in total. The van der Waals surface area contributed by atoms with Crippen LogP contribution < -0.4 is 20.8 Å². The van der Waals surface area contributed by atoms with Crippen LogP contribution in [0, 0.1) is 0 Å². The maximum absolute atomic E-state index is 12.8. The summed E-state index contributed by atoms with van der Waals surface area (Å²) in [6, 6.07) is 4.21. The van der Waals surface area contributed by atoms with E-state index in [0.29, 0.717) is 22.7 Å². The molecule has 27 heavy (non-hydrogen) atoms. The first kappa shape index (κ1) is 17.9. The summed E-state index contributed by atoms with van der Waals surface area (Å²) in [5, 5.41) is 9.82. The average Bonchev–Trinajstić information content (AvgIpc) is 3.48. The highest BCUT2D eigenvalue weighted by Crippen LogP contribution is 2.43. The maximum Gasteiger partial charge on any atom is 0.341 e. The number of rotatable bonds is 4. The molecule has 1 saturated carbocycles. The molecule has 2 atom stereocenters. The van der Waals surface area contributed by atoms with Gasteiger partial charge < -0.3 is 25.0 Å². The molecule has 0 amide bonds. The summed E-state index contributed by atoms with van der Waals surface area (Å²) in [5.74, 6) is -0.579. The van der Waals surface area contributed by atoms with E-state index in [1.165, 1.54) is 6.20 Å². The monoisotopic (exact) mass is 371 g/mol. The minimum Gasteiger partial charge on any atom is -0.492 e. The molecule has 1 aromatic heterocycles. The summed E-state index contributed by atoms with van der Waals surface area (Å²) in [5.41, 5.74) is 7.11. The number of nitrogens with zero attached hydrogens (tertiary/aromatic N) is 2. The van der Waals surface area contributed by atoms with Gasteiger partial charge >= 0.3 is 5.97 Å². The van der Waals surface area contributed by atoms with E-state index in [-0.39, 0.29) is 17.6 Å². The highest BCUT2D eigenvalue weighted by atomic mass is 16.5. The molecule has 2 unspecified atom stereocenters. The summed E-state index contributed by atoms with van der Waals surface area (Å²) < 4.78 is 7.69. The molecule has 2 aromatic rings.